The number of nitrogens with zero attached hydrogens (tertiary/aromatic N) is 4. The molecule has 1 aromatic carbocycles. The van der Waals surface area contributed by atoms with Crippen LogP contribution in [0, 0.1) is 18.3 Å². The number of nitriles is 1. The summed E-state index contributed by atoms with van der Waals surface area (Å²) in [7, 11) is 0. The first kappa shape index (κ1) is 12.1. The van der Waals surface area contributed by atoms with E-state index in [1.807, 2.05) is 43.3 Å². The van der Waals surface area contributed by atoms with Gasteiger partial charge in [-0.3, -0.25) is 0 Å². The Kier molecular flexibility index (Phi) is 2.55. The second-order valence-electron chi connectivity index (χ2n) is 5.52. The SMILES string of the molecule is Cc1cccc(-c2nc3cc(C#N)ccc3n2C2CC2)n1. The Hall–Kier alpha value is -2.67. The highest BCUT2D eigenvalue weighted by atomic mass is 15.1. The van der Waals surface area contributed by atoms with E-state index in [2.05, 4.69) is 15.6 Å². The van der Waals surface area contributed by atoms with Crippen LogP contribution in [0.4, 0.5) is 0 Å². The van der Waals surface area contributed by atoms with Crippen molar-refractivity contribution >= 4 is 11.0 Å². The van der Waals surface area contributed by atoms with Crippen molar-refractivity contribution in [2.45, 2.75) is 25.8 Å². The number of imidazole rings is 1. The monoisotopic (exact) mass is 274 g/mol. The highest BCUT2D eigenvalue weighted by Gasteiger charge is 2.29. The molecule has 4 heteroatoms. The lowest BCUT2D eigenvalue weighted by Crippen LogP contribution is -1.99. The smallest absolute Gasteiger partial charge is 0.160 e. The molecule has 1 aliphatic carbocycles. The second kappa shape index (κ2) is 4.42. The zero-order valence-corrected chi connectivity index (χ0v) is 11.7. The molecule has 1 saturated carbocycles. The fraction of sp³-hybridized carbons (Fsp3) is 0.235. The largest absolute Gasteiger partial charge is 0.320 e. The Morgan fingerprint density at radius 2 is 2.05 bits per heavy atom. The second-order valence-corrected chi connectivity index (χ2v) is 5.52. The lowest BCUT2D eigenvalue weighted by atomic mass is 10.2. The van der Waals surface area contributed by atoms with Gasteiger partial charge in [0.25, 0.3) is 0 Å². The highest BCUT2D eigenvalue weighted by molar-refractivity contribution is 5.81. The molecule has 0 amide bonds. The zero-order valence-electron chi connectivity index (χ0n) is 11.7. The summed E-state index contributed by atoms with van der Waals surface area (Å²) in [6.07, 6.45) is 2.37. The van der Waals surface area contributed by atoms with Crippen molar-refractivity contribution in [2.24, 2.45) is 0 Å². The fourth-order valence-corrected chi connectivity index (χ4v) is 2.72. The van der Waals surface area contributed by atoms with E-state index in [1.165, 1.54) is 12.8 Å². The molecule has 102 valence electrons. The number of hydrogen-bond donors (Lipinski definition) is 0. The first-order valence-electron chi connectivity index (χ1n) is 7.12. The molecule has 4 nitrogen and oxygen atoms in total. The first-order chi connectivity index (χ1) is 10.3. The van der Waals surface area contributed by atoms with Crippen LogP contribution in [0.1, 0.15) is 30.1 Å². The summed E-state index contributed by atoms with van der Waals surface area (Å²) in [5.74, 6) is 0.909. The molecular weight excluding hydrogens is 260 g/mol. The van der Waals surface area contributed by atoms with Gasteiger partial charge in [0.1, 0.15) is 5.69 Å². The van der Waals surface area contributed by atoms with Crippen LogP contribution in [0.5, 0.6) is 0 Å². The van der Waals surface area contributed by atoms with Crippen molar-refractivity contribution in [3.05, 3.63) is 47.7 Å². The molecule has 3 aromatic rings. The van der Waals surface area contributed by atoms with Crippen molar-refractivity contribution in [2.75, 3.05) is 0 Å². The standard InChI is InChI=1S/C17H14N4/c1-11-3-2-4-14(19-11)17-20-15-9-12(10-18)5-8-16(15)21(17)13-6-7-13/h2-5,8-9,13H,6-7H2,1H3. The van der Waals surface area contributed by atoms with Gasteiger partial charge in [-0.25, -0.2) is 9.97 Å². The van der Waals surface area contributed by atoms with Crippen LogP contribution in [0.25, 0.3) is 22.6 Å². The molecule has 0 aliphatic heterocycles. The van der Waals surface area contributed by atoms with Gasteiger partial charge in [-0.15, -0.1) is 0 Å². The summed E-state index contributed by atoms with van der Waals surface area (Å²) in [6.45, 7) is 1.99. The Balaban J connectivity index is 1.99. The molecule has 2 aromatic heterocycles. The van der Waals surface area contributed by atoms with E-state index < -0.39 is 0 Å². The molecule has 1 fully saturated rings. The van der Waals surface area contributed by atoms with Gasteiger partial charge in [0.15, 0.2) is 5.82 Å². The maximum Gasteiger partial charge on any atom is 0.160 e. The summed E-state index contributed by atoms with van der Waals surface area (Å²) in [6, 6.07) is 14.4. The molecule has 21 heavy (non-hydrogen) atoms. The molecular formula is C17H14N4. The lowest BCUT2D eigenvalue weighted by Gasteiger charge is -2.07. The molecule has 0 bridgehead atoms. The van der Waals surface area contributed by atoms with E-state index in [9.17, 15) is 0 Å². The summed E-state index contributed by atoms with van der Waals surface area (Å²) in [4.78, 5) is 9.35. The van der Waals surface area contributed by atoms with Gasteiger partial charge in [0.2, 0.25) is 0 Å². The van der Waals surface area contributed by atoms with Crippen molar-refractivity contribution in [1.82, 2.24) is 14.5 Å². The van der Waals surface area contributed by atoms with Gasteiger partial charge in [0, 0.05) is 11.7 Å². The molecule has 0 atom stereocenters. The molecule has 0 unspecified atom stereocenters. The van der Waals surface area contributed by atoms with Crippen molar-refractivity contribution in [3.63, 3.8) is 0 Å². The van der Waals surface area contributed by atoms with E-state index in [1.54, 1.807) is 0 Å². The van der Waals surface area contributed by atoms with E-state index >= 15 is 0 Å². The molecule has 0 radical (unpaired) electrons. The van der Waals surface area contributed by atoms with E-state index in [-0.39, 0.29) is 0 Å². The van der Waals surface area contributed by atoms with Crippen LogP contribution in [-0.2, 0) is 0 Å². The number of aryl methyl sites for hydroxylation is 1. The molecule has 0 saturated heterocycles. The minimum absolute atomic E-state index is 0.514. The van der Waals surface area contributed by atoms with Crippen LogP contribution in [-0.4, -0.2) is 14.5 Å². The minimum atomic E-state index is 0.514. The maximum atomic E-state index is 9.05. The van der Waals surface area contributed by atoms with E-state index in [0.717, 1.165) is 28.2 Å². The number of hydrogen-bond acceptors (Lipinski definition) is 3. The van der Waals surface area contributed by atoms with Crippen LogP contribution >= 0.6 is 0 Å². The predicted octanol–water partition coefficient (Wildman–Crippen LogP) is 3.61. The van der Waals surface area contributed by atoms with E-state index in [0.29, 0.717) is 11.6 Å². The molecule has 1 aliphatic rings. The van der Waals surface area contributed by atoms with Gasteiger partial charge < -0.3 is 4.57 Å². The quantitative estimate of drug-likeness (QED) is 0.717. The average molecular weight is 274 g/mol. The molecule has 0 N–H and O–H groups in total. The van der Waals surface area contributed by atoms with Gasteiger partial charge in [0.05, 0.1) is 22.7 Å². The molecule has 4 rings (SSSR count). The minimum Gasteiger partial charge on any atom is -0.320 e. The average Bonchev–Trinajstić information content (AvgIpc) is 3.26. The third-order valence-corrected chi connectivity index (χ3v) is 3.85. The summed E-state index contributed by atoms with van der Waals surface area (Å²) in [5, 5.41) is 9.05. The van der Waals surface area contributed by atoms with Crippen molar-refractivity contribution in [1.29, 1.82) is 5.26 Å². The predicted molar refractivity (Wildman–Crippen MR) is 80.7 cm³/mol. The van der Waals surface area contributed by atoms with Gasteiger partial charge in [-0.1, -0.05) is 6.07 Å². The lowest BCUT2D eigenvalue weighted by molar-refractivity contribution is 0.772. The maximum absolute atomic E-state index is 9.05. The van der Waals surface area contributed by atoms with Crippen LogP contribution in [0.15, 0.2) is 36.4 Å². The van der Waals surface area contributed by atoms with E-state index in [4.69, 9.17) is 10.2 Å². The Bertz CT molecular complexity index is 881. The summed E-state index contributed by atoms with van der Waals surface area (Å²) < 4.78 is 2.28. The van der Waals surface area contributed by atoms with Gasteiger partial charge in [-0.05, 0) is 50.1 Å². The fourth-order valence-electron chi connectivity index (χ4n) is 2.72. The third-order valence-electron chi connectivity index (χ3n) is 3.85. The van der Waals surface area contributed by atoms with Gasteiger partial charge >= 0.3 is 0 Å². The number of benzene rings is 1. The first-order valence-corrected chi connectivity index (χ1v) is 7.12. The molecule has 0 spiro atoms. The number of rotatable bonds is 2. The number of aromatic nitrogens is 3. The Labute approximate surface area is 122 Å². The highest BCUT2D eigenvalue weighted by Crippen LogP contribution is 2.41. The zero-order chi connectivity index (χ0) is 14.4. The van der Waals surface area contributed by atoms with Crippen LogP contribution in [0.3, 0.4) is 0 Å². The summed E-state index contributed by atoms with van der Waals surface area (Å²) in [5.41, 5.74) is 4.50. The normalized spacial score (nSPS) is 14.3. The molecule has 2 heterocycles. The van der Waals surface area contributed by atoms with Crippen LogP contribution in [0.2, 0.25) is 0 Å². The van der Waals surface area contributed by atoms with Crippen molar-refractivity contribution in [3.8, 4) is 17.6 Å². The topological polar surface area (TPSA) is 54.5 Å². The van der Waals surface area contributed by atoms with Crippen LogP contribution < -0.4 is 0 Å². The Morgan fingerprint density at radius 1 is 1.19 bits per heavy atom. The third kappa shape index (κ3) is 1.98. The Morgan fingerprint density at radius 3 is 2.76 bits per heavy atom. The summed E-state index contributed by atoms with van der Waals surface area (Å²) >= 11 is 0. The van der Waals surface area contributed by atoms with Crippen molar-refractivity contribution < 1.29 is 0 Å². The number of fused-ring (bicyclic) bond motifs is 1. The van der Waals surface area contributed by atoms with Gasteiger partial charge in [-0.2, -0.15) is 5.26 Å². The number of pyridine rings is 1.